The maximum Gasteiger partial charge on any atom is 0.0888 e. The standard InChI is InChI=1S/C12H16OS2.2C2H6/c1-12(2)11(13-3)10(14-15-12)9-7-5-4-6-8-9;2*1-2/h4-8,10-11H,1-3H3;2*1-2H3. The Labute approximate surface area is 127 Å². The summed E-state index contributed by atoms with van der Waals surface area (Å²) in [6, 6.07) is 10.6. The fourth-order valence-corrected chi connectivity index (χ4v) is 5.48. The van der Waals surface area contributed by atoms with Gasteiger partial charge in [0.1, 0.15) is 0 Å². The molecule has 0 aliphatic carbocycles. The molecule has 1 aromatic rings. The van der Waals surface area contributed by atoms with Crippen LogP contribution in [0, 0.1) is 0 Å². The molecule has 2 unspecified atom stereocenters. The molecular formula is C16H28OS2. The van der Waals surface area contributed by atoms with E-state index in [9.17, 15) is 0 Å². The van der Waals surface area contributed by atoms with E-state index in [-0.39, 0.29) is 10.9 Å². The topological polar surface area (TPSA) is 9.23 Å². The third-order valence-corrected chi connectivity index (χ3v) is 6.39. The lowest BCUT2D eigenvalue weighted by atomic mass is 9.97. The first kappa shape index (κ1) is 18.9. The molecule has 1 aliphatic heterocycles. The van der Waals surface area contributed by atoms with E-state index >= 15 is 0 Å². The van der Waals surface area contributed by atoms with E-state index < -0.39 is 0 Å². The average Bonchev–Trinajstić information content (AvgIpc) is 2.79. The summed E-state index contributed by atoms with van der Waals surface area (Å²) < 4.78 is 5.85. The monoisotopic (exact) mass is 300 g/mol. The van der Waals surface area contributed by atoms with E-state index in [2.05, 4.69) is 44.2 Å². The third-order valence-electron chi connectivity index (χ3n) is 2.71. The summed E-state index contributed by atoms with van der Waals surface area (Å²) in [7, 11) is 5.67. The van der Waals surface area contributed by atoms with Crippen LogP contribution in [0.2, 0.25) is 0 Å². The van der Waals surface area contributed by atoms with Crippen LogP contribution in [0.4, 0.5) is 0 Å². The quantitative estimate of drug-likeness (QED) is 0.623. The normalized spacial score (nSPS) is 23.7. The van der Waals surface area contributed by atoms with Gasteiger partial charge in [-0.15, -0.1) is 0 Å². The lowest BCUT2D eigenvalue weighted by Gasteiger charge is -2.26. The summed E-state index contributed by atoms with van der Waals surface area (Å²) >= 11 is 0. The number of ether oxygens (including phenoxy) is 1. The summed E-state index contributed by atoms with van der Waals surface area (Å²) in [4.78, 5) is 0. The van der Waals surface area contributed by atoms with Gasteiger partial charge in [0, 0.05) is 11.9 Å². The molecule has 2 rings (SSSR count). The van der Waals surface area contributed by atoms with Gasteiger partial charge in [0.25, 0.3) is 0 Å². The maximum absolute atomic E-state index is 5.65. The minimum Gasteiger partial charge on any atom is -0.378 e. The van der Waals surface area contributed by atoms with Crippen molar-refractivity contribution in [2.24, 2.45) is 0 Å². The largest absolute Gasteiger partial charge is 0.378 e. The smallest absolute Gasteiger partial charge is 0.0888 e. The number of benzene rings is 1. The molecule has 0 aromatic heterocycles. The third kappa shape index (κ3) is 5.05. The van der Waals surface area contributed by atoms with Crippen molar-refractivity contribution < 1.29 is 4.74 Å². The lowest BCUT2D eigenvalue weighted by molar-refractivity contribution is 0.0792. The SMILES string of the molecule is CC.CC.COC1C(c2ccccc2)SSC1(C)C. The van der Waals surface area contributed by atoms with E-state index in [1.54, 1.807) is 0 Å². The van der Waals surface area contributed by atoms with Crippen molar-refractivity contribution in [1.29, 1.82) is 0 Å². The van der Waals surface area contributed by atoms with Gasteiger partial charge < -0.3 is 4.74 Å². The molecule has 2 atom stereocenters. The summed E-state index contributed by atoms with van der Waals surface area (Å²) in [5, 5.41) is 0.455. The first-order chi connectivity index (χ1) is 9.15. The number of methoxy groups -OCH3 is 1. The van der Waals surface area contributed by atoms with Gasteiger partial charge in [-0.2, -0.15) is 0 Å². The summed E-state index contributed by atoms with van der Waals surface area (Å²) in [6.45, 7) is 12.5. The Morgan fingerprint density at radius 2 is 1.53 bits per heavy atom. The van der Waals surface area contributed by atoms with Crippen LogP contribution in [0.3, 0.4) is 0 Å². The fourth-order valence-electron chi connectivity index (χ4n) is 1.92. The molecule has 19 heavy (non-hydrogen) atoms. The second-order valence-electron chi connectivity index (χ2n) is 4.27. The van der Waals surface area contributed by atoms with Gasteiger partial charge in [0.2, 0.25) is 0 Å². The second-order valence-corrected chi connectivity index (χ2v) is 7.27. The molecule has 1 aliphatic rings. The van der Waals surface area contributed by atoms with Gasteiger partial charge in [-0.05, 0) is 19.4 Å². The molecule has 0 saturated carbocycles. The van der Waals surface area contributed by atoms with Gasteiger partial charge in [0.05, 0.1) is 11.4 Å². The van der Waals surface area contributed by atoms with Crippen LogP contribution in [-0.2, 0) is 4.74 Å². The van der Waals surface area contributed by atoms with Gasteiger partial charge in [-0.25, -0.2) is 0 Å². The predicted molar refractivity (Wildman–Crippen MR) is 91.9 cm³/mol. The van der Waals surface area contributed by atoms with Crippen molar-refractivity contribution in [3.63, 3.8) is 0 Å². The zero-order valence-electron chi connectivity index (χ0n) is 13.3. The van der Waals surface area contributed by atoms with Gasteiger partial charge in [0.15, 0.2) is 0 Å². The van der Waals surface area contributed by atoms with Crippen molar-refractivity contribution >= 4 is 21.6 Å². The zero-order valence-corrected chi connectivity index (χ0v) is 14.9. The predicted octanol–water partition coefficient (Wildman–Crippen LogP) is 5.97. The number of hydrogen-bond donors (Lipinski definition) is 0. The van der Waals surface area contributed by atoms with Gasteiger partial charge in [-0.1, -0.05) is 79.6 Å². The van der Waals surface area contributed by atoms with Crippen molar-refractivity contribution in [2.45, 2.75) is 57.6 Å². The fraction of sp³-hybridized carbons (Fsp3) is 0.625. The van der Waals surface area contributed by atoms with Crippen LogP contribution >= 0.6 is 21.6 Å². The van der Waals surface area contributed by atoms with Crippen LogP contribution < -0.4 is 0 Å². The van der Waals surface area contributed by atoms with E-state index in [4.69, 9.17) is 4.74 Å². The Morgan fingerprint density at radius 1 is 1.00 bits per heavy atom. The number of rotatable bonds is 2. The minimum atomic E-state index is 0.194. The maximum atomic E-state index is 5.65. The highest BCUT2D eigenvalue weighted by Gasteiger charge is 2.44. The molecule has 0 amide bonds. The molecule has 1 aromatic carbocycles. The van der Waals surface area contributed by atoms with Crippen LogP contribution in [0.15, 0.2) is 30.3 Å². The molecular weight excluding hydrogens is 272 g/mol. The molecule has 1 nitrogen and oxygen atoms in total. The van der Waals surface area contributed by atoms with Crippen molar-refractivity contribution in [1.82, 2.24) is 0 Å². The zero-order chi connectivity index (χ0) is 14.9. The van der Waals surface area contributed by atoms with Crippen LogP contribution in [0.5, 0.6) is 0 Å². The highest BCUT2D eigenvalue weighted by atomic mass is 33.1. The molecule has 1 fully saturated rings. The van der Waals surface area contributed by atoms with Crippen LogP contribution in [-0.4, -0.2) is 18.0 Å². The van der Waals surface area contributed by atoms with Crippen LogP contribution in [0.1, 0.15) is 52.4 Å². The van der Waals surface area contributed by atoms with E-state index in [0.29, 0.717) is 5.25 Å². The first-order valence-corrected chi connectivity index (χ1v) is 9.28. The molecule has 0 N–H and O–H groups in total. The summed E-state index contributed by atoms with van der Waals surface area (Å²) in [5.41, 5.74) is 1.37. The molecule has 0 radical (unpaired) electrons. The van der Waals surface area contributed by atoms with Gasteiger partial charge >= 0.3 is 0 Å². The lowest BCUT2D eigenvalue weighted by Crippen LogP contribution is -2.33. The Morgan fingerprint density at radius 3 is 2.00 bits per heavy atom. The first-order valence-electron chi connectivity index (χ1n) is 7.07. The molecule has 0 spiro atoms. The highest BCUT2D eigenvalue weighted by Crippen LogP contribution is 2.58. The average molecular weight is 301 g/mol. The number of hydrogen-bond acceptors (Lipinski definition) is 3. The van der Waals surface area contributed by atoms with E-state index in [1.807, 2.05) is 56.4 Å². The van der Waals surface area contributed by atoms with E-state index in [0.717, 1.165) is 0 Å². The molecule has 1 saturated heterocycles. The Kier molecular flexibility index (Phi) is 9.67. The van der Waals surface area contributed by atoms with Crippen LogP contribution in [0.25, 0.3) is 0 Å². The molecule has 110 valence electrons. The van der Waals surface area contributed by atoms with Gasteiger partial charge in [-0.3, -0.25) is 0 Å². The second kappa shape index (κ2) is 9.73. The van der Waals surface area contributed by atoms with Crippen molar-refractivity contribution in [2.75, 3.05) is 7.11 Å². The van der Waals surface area contributed by atoms with E-state index in [1.165, 1.54) is 5.56 Å². The Balaban J connectivity index is 0.000000741. The molecule has 1 heterocycles. The molecule has 3 heteroatoms. The summed E-state index contributed by atoms with van der Waals surface area (Å²) in [5.74, 6) is 0. The Bertz CT molecular complexity index is 325. The minimum absolute atomic E-state index is 0.194. The Hall–Kier alpha value is -0.120. The van der Waals surface area contributed by atoms with Crippen molar-refractivity contribution in [3.8, 4) is 0 Å². The highest BCUT2D eigenvalue weighted by molar-refractivity contribution is 8.77. The molecule has 0 bridgehead atoms. The van der Waals surface area contributed by atoms with Crippen molar-refractivity contribution in [3.05, 3.63) is 35.9 Å². The summed E-state index contributed by atoms with van der Waals surface area (Å²) in [6.07, 6.45) is 0.287.